The zero-order chi connectivity index (χ0) is 18.5. The van der Waals surface area contributed by atoms with Gasteiger partial charge in [0.05, 0.1) is 20.6 Å². The fraction of sp³-hybridized carbons (Fsp3) is 0.250. The maximum Gasteiger partial charge on any atom is 0.224 e. The van der Waals surface area contributed by atoms with Crippen molar-refractivity contribution in [1.29, 1.82) is 0 Å². The van der Waals surface area contributed by atoms with E-state index in [1.165, 1.54) is 0 Å². The number of nitrogens with one attached hydrogen (secondary N) is 2. The highest BCUT2D eigenvalue weighted by molar-refractivity contribution is 6.31. The molecule has 6 heteroatoms. The topological polar surface area (TPSA) is 63.4 Å². The van der Waals surface area contributed by atoms with Crippen LogP contribution in [-0.4, -0.2) is 31.7 Å². The van der Waals surface area contributed by atoms with Crippen molar-refractivity contribution < 1.29 is 14.3 Å². The Morgan fingerprint density at radius 1 is 1.12 bits per heavy atom. The first-order valence-electron chi connectivity index (χ1n) is 8.34. The van der Waals surface area contributed by atoms with Gasteiger partial charge in [0.2, 0.25) is 5.91 Å². The second-order valence-electron chi connectivity index (χ2n) is 5.96. The molecule has 0 atom stereocenters. The minimum absolute atomic E-state index is 0.0345. The number of halogens is 1. The number of aromatic nitrogens is 1. The van der Waals surface area contributed by atoms with E-state index in [4.69, 9.17) is 21.1 Å². The van der Waals surface area contributed by atoms with Crippen LogP contribution >= 0.6 is 11.6 Å². The lowest BCUT2D eigenvalue weighted by Crippen LogP contribution is -2.27. The van der Waals surface area contributed by atoms with E-state index in [0.29, 0.717) is 24.4 Å². The Balaban J connectivity index is 1.60. The van der Waals surface area contributed by atoms with E-state index >= 15 is 0 Å². The molecule has 1 heterocycles. The molecule has 0 saturated heterocycles. The lowest BCUT2D eigenvalue weighted by molar-refractivity contribution is -0.120. The molecule has 3 aromatic rings. The van der Waals surface area contributed by atoms with Crippen LogP contribution in [0.15, 0.2) is 42.6 Å². The largest absolute Gasteiger partial charge is 0.497 e. The van der Waals surface area contributed by atoms with Gasteiger partial charge < -0.3 is 19.8 Å². The molecule has 0 aliphatic rings. The van der Waals surface area contributed by atoms with Gasteiger partial charge in [-0.2, -0.15) is 0 Å². The van der Waals surface area contributed by atoms with Crippen LogP contribution in [0.3, 0.4) is 0 Å². The van der Waals surface area contributed by atoms with E-state index in [1.807, 2.05) is 42.6 Å². The number of carbonyl (C=O) groups is 1. The van der Waals surface area contributed by atoms with Crippen LogP contribution in [0.25, 0.3) is 10.9 Å². The molecular formula is C20H21ClN2O3. The highest BCUT2D eigenvalue weighted by atomic mass is 35.5. The fourth-order valence-corrected chi connectivity index (χ4v) is 3.12. The standard InChI is InChI=1S/C20H21ClN2O3/c1-25-16-4-6-19(26-2)13(9-16)7-8-22-20(24)10-14-12-23-18-5-3-15(21)11-17(14)18/h3-6,9,11-12,23H,7-8,10H2,1-2H3,(H,22,24). The van der Waals surface area contributed by atoms with Gasteiger partial charge in [-0.05, 0) is 53.9 Å². The second-order valence-corrected chi connectivity index (χ2v) is 6.39. The molecule has 2 N–H and O–H groups in total. The first kappa shape index (κ1) is 18.1. The highest BCUT2D eigenvalue weighted by Crippen LogP contribution is 2.24. The average Bonchev–Trinajstić information content (AvgIpc) is 3.03. The molecule has 136 valence electrons. The van der Waals surface area contributed by atoms with Gasteiger partial charge in [-0.3, -0.25) is 4.79 Å². The van der Waals surface area contributed by atoms with E-state index in [9.17, 15) is 4.79 Å². The Morgan fingerprint density at radius 2 is 1.96 bits per heavy atom. The number of ether oxygens (including phenoxy) is 2. The molecule has 0 fully saturated rings. The maximum absolute atomic E-state index is 12.3. The fourth-order valence-electron chi connectivity index (χ4n) is 2.95. The second kappa shape index (κ2) is 8.15. The molecule has 0 aliphatic carbocycles. The normalized spacial score (nSPS) is 10.7. The summed E-state index contributed by atoms with van der Waals surface area (Å²) in [6.45, 7) is 0.519. The Morgan fingerprint density at radius 3 is 2.73 bits per heavy atom. The summed E-state index contributed by atoms with van der Waals surface area (Å²) in [5, 5.41) is 4.59. The van der Waals surface area contributed by atoms with Crippen molar-refractivity contribution in [1.82, 2.24) is 10.3 Å². The number of methoxy groups -OCH3 is 2. The summed E-state index contributed by atoms with van der Waals surface area (Å²) in [6.07, 6.45) is 2.81. The third kappa shape index (κ3) is 4.11. The predicted molar refractivity (Wildman–Crippen MR) is 103 cm³/mol. The molecule has 5 nitrogen and oxygen atoms in total. The van der Waals surface area contributed by atoms with Crippen LogP contribution in [0.4, 0.5) is 0 Å². The number of benzene rings is 2. The van der Waals surface area contributed by atoms with Crippen molar-refractivity contribution in [3.8, 4) is 11.5 Å². The molecule has 1 amide bonds. The summed E-state index contributed by atoms with van der Waals surface area (Å²) in [5.41, 5.74) is 2.89. The summed E-state index contributed by atoms with van der Waals surface area (Å²) < 4.78 is 10.6. The number of fused-ring (bicyclic) bond motifs is 1. The Labute approximate surface area is 157 Å². The van der Waals surface area contributed by atoms with Gasteiger partial charge in [0.25, 0.3) is 0 Å². The van der Waals surface area contributed by atoms with Gasteiger partial charge >= 0.3 is 0 Å². The highest BCUT2D eigenvalue weighted by Gasteiger charge is 2.10. The number of H-pyrrole nitrogens is 1. The smallest absolute Gasteiger partial charge is 0.224 e. The molecule has 0 unspecified atom stereocenters. The molecule has 0 bridgehead atoms. The van der Waals surface area contributed by atoms with Gasteiger partial charge in [0, 0.05) is 28.7 Å². The molecular weight excluding hydrogens is 352 g/mol. The van der Waals surface area contributed by atoms with E-state index in [-0.39, 0.29) is 5.91 Å². The number of aromatic amines is 1. The molecule has 0 aliphatic heterocycles. The number of hydrogen-bond donors (Lipinski definition) is 2. The maximum atomic E-state index is 12.3. The summed E-state index contributed by atoms with van der Waals surface area (Å²) >= 11 is 6.05. The Kier molecular flexibility index (Phi) is 5.68. The van der Waals surface area contributed by atoms with E-state index in [1.54, 1.807) is 14.2 Å². The molecule has 2 aromatic carbocycles. The Bertz CT molecular complexity index is 921. The Hall–Kier alpha value is -2.66. The van der Waals surface area contributed by atoms with Crippen LogP contribution in [0, 0.1) is 0 Å². The first-order chi connectivity index (χ1) is 12.6. The quantitative estimate of drug-likeness (QED) is 0.664. The molecule has 26 heavy (non-hydrogen) atoms. The van der Waals surface area contributed by atoms with Gasteiger partial charge in [-0.1, -0.05) is 11.6 Å². The molecule has 1 aromatic heterocycles. The van der Waals surface area contributed by atoms with Crippen LogP contribution in [0.2, 0.25) is 5.02 Å². The third-order valence-electron chi connectivity index (χ3n) is 4.28. The van der Waals surface area contributed by atoms with Crippen molar-refractivity contribution in [2.45, 2.75) is 12.8 Å². The average molecular weight is 373 g/mol. The summed E-state index contributed by atoms with van der Waals surface area (Å²) in [6, 6.07) is 11.2. The third-order valence-corrected chi connectivity index (χ3v) is 4.52. The van der Waals surface area contributed by atoms with Gasteiger partial charge in [-0.25, -0.2) is 0 Å². The van der Waals surface area contributed by atoms with Crippen molar-refractivity contribution in [2.75, 3.05) is 20.8 Å². The van der Waals surface area contributed by atoms with Crippen LogP contribution < -0.4 is 14.8 Å². The van der Waals surface area contributed by atoms with E-state index < -0.39 is 0 Å². The number of carbonyl (C=O) groups excluding carboxylic acids is 1. The molecule has 3 rings (SSSR count). The summed E-state index contributed by atoms with van der Waals surface area (Å²) in [7, 11) is 3.26. The first-order valence-corrected chi connectivity index (χ1v) is 8.71. The number of rotatable bonds is 7. The zero-order valence-corrected chi connectivity index (χ0v) is 15.5. The van der Waals surface area contributed by atoms with E-state index in [2.05, 4.69) is 10.3 Å². The van der Waals surface area contributed by atoms with Crippen molar-refractivity contribution in [2.24, 2.45) is 0 Å². The van der Waals surface area contributed by atoms with Gasteiger partial charge in [-0.15, -0.1) is 0 Å². The minimum Gasteiger partial charge on any atom is -0.497 e. The zero-order valence-electron chi connectivity index (χ0n) is 14.8. The lowest BCUT2D eigenvalue weighted by atomic mass is 10.1. The van der Waals surface area contributed by atoms with Crippen molar-refractivity contribution in [3.63, 3.8) is 0 Å². The number of hydrogen-bond acceptors (Lipinski definition) is 3. The predicted octanol–water partition coefficient (Wildman–Crippen LogP) is 3.74. The molecule has 0 spiro atoms. The summed E-state index contributed by atoms with van der Waals surface area (Å²) in [4.78, 5) is 15.5. The van der Waals surface area contributed by atoms with Crippen LogP contribution in [-0.2, 0) is 17.6 Å². The van der Waals surface area contributed by atoms with Crippen molar-refractivity contribution >= 4 is 28.4 Å². The monoisotopic (exact) mass is 372 g/mol. The number of amides is 1. The summed E-state index contributed by atoms with van der Waals surface area (Å²) in [5.74, 6) is 1.52. The van der Waals surface area contributed by atoms with Crippen LogP contribution in [0.5, 0.6) is 11.5 Å². The van der Waals surface area contributed by atoms with Gasteiger partial charge in [0.1, 0.15) is 11.5 Å². The molecule has 0 saturated carbocycles. The van der Waals surface area contributed by atoms with Gasteiger partial charge in [0.15, 0.2) is 0 Å². The van der Waals surface area contributed by atoms with Crippen LogP contribution in [0.1, 0.15) is 11.1 Å². The van der Waals surface area contributed by atoms with E-state index in [0.717, 1.165) is 33.5 Å². The van der Waals surface area contributed by atoms with Crippen molar-refractivity contribution in [3.05, 3.63) is 58.7 Å². The SMILES string of the molecule is COc1ccc(OC)c(CCNC(=O)Cc2c[nH]c3ccc(Cl)cc23)c1. The molecule has 0 radical (unpaired) electrons. The lowest BCUT2D eigenvalue weighted by Gasteiger charge is -2.11. The minimum atomic E-state index is -0.0345.